The van der Waals surface area contributed by atoms with Gasteiger partial charge in [-0.3, -0.25) is 4.79 Å². The first-order valence-electron chi connectivity index (χ1n) is 10.4. The highest BCUT2D eigenvalue weighted by Gasteiger charge is 2.55. The van der Waals surface area contributed by atoms with Crippen LogP contribution >= 0.6 is 0 Å². The molecule has 6 rings (SSSR count). The van der Waals surface area contributed by atoms with Gasteiger partial charge in [-0.15, -0.1) is 5.10 Å². The third-order valence-corrected chi connectivity index (χ3v) is 7.25. The molecule has 5 fully saturated rings. The summed E-state index contributed by atoms with van der Waals surface area (Å²) in [6.07, 6.45) is 7.61. The summed E-state index contributed by atoms with van der Waals surface area (Å²) in [5.41, 5.74) is -0.0216. The standard InChI is InChI=1S/C20H30N4O2/c1-13(2)17-21-22-19(26-17)24-5-3-23(4-6-24)18(25)20-10-14-7-15(11-20)9-16(8-14)12-20/h13-16H,3-12H2,1-2H3. The quantitative estimate of drug-likeness (QED) is 0.831. The molecule has 6 nitrogen and oxygen atoms in total. The number of hydrogen-bond acceptors (Lipinski definition) is 5. The third kappa shape index (κ3) is 2.64. The molecule has 1 saturated heterocycles. The number of aromatic nitrogens is 2. The number of anilines is 1. The zero-order valence-electron chi connectivity index (χ0n) is 16.0. The van der Waals surface area contributed by atoms with Crippen molar-refractivity contribution >= 4 is 11.9 Å². The van der Waals surface area contributed by atoms with Crippen LogP contribution in [0.25, 0.3) is 0 Å². The van der Waals surface area contributed by atoms with E-state index in [-0.39, 0.29) is 11.3 Å². The number of carbonyl (C=O) groups is 1. The second kappa shape index (κ2) is 5.96. The molecule has 1 aromatic rings. The van der Waals surface area contributed by atoms with E-state index in [9.17, 15) is 4.79 Å². The Morgan fingerprint density at radius 1 is 1.00 bits per heavy atom. The SMILES string of the molecule is CC(C)c1nnc(N2CCN(C(=O)C34CC5CC(CC(C5)C3)C4)CC2)o1. The van der Waals surface area contributed by atoms with E-state index in [1.54, 1.807) is 0 Å². The summed E-state index contributed by atoms with van der Waals surface area (Å²) in [4.78, 5) is 17.7. The fraction of sp³-hybridized carbons (Fsp3) is 0.850. The van der Waals surface area contributed by atoms with E-state index in [2.05, 4.69) is 33.8 Å². The molecule has 0 atom stereocenters. The van der Waals surface area contributed by atoms with Crippen molar-refractivity contribution in [3.8, 4) is 0 Å². The fourth-order valence-electron chi connectivity index (χ4n) is 6.40. The van der Waals surface area contributed by atoms with Crippen LogP contribution in [0.2, 0.25) is 0 Å². The van der Waals surface area contributed by atoms with Crippen LogP contribution in [-0.4, -0.2) is 47.2 Å². The largest absolute Gasteiger partial charge is 0.408 e. The van der Waals surface area contributed by atoms with E-state index in [0.717, 1.165) is 63.2 Å². The van der Waals surface area contributed by atoms with Gasteiger partial charge in [-0.1, -0.05) is 18.9 Å². The summed E-state index contributed by atoms with van der Waals surface area (Å²) in [5, 5.41) is 8.32. The van der Waals surface area contributed by atoms with Crippen LogP contribution < -0.4 is 4.90 Å². The molecule has 4 saturated carbocycles. The van der Waals surface area contributed by atoms with Gasteiger partial charge in [-0.25, -0.2) is 0 Å². The molecule has 1 amide bonds. The van der Waals surface area contributed by atoms with Gasteiger partial charge in [-0.2, -0.15) is 0 Å². The molecule has 142 valence electrons. The Balaban J connectivity index is 1.25. The minimum Gasteiger partial charge on any atom is -0.408 e. The normalized spacial score (nSPS) is 36.2. The number of carbonyl (C=O) groups excluding carboxylic acids is 1. The molecular formula is C20H30N4O2. The lowest BCUT2D eigenvalue weighted by molar-refractivity contribution is -0.158. The summed E-state index contributed by atoms with van der Waals surface area (Å²) in [6, 6.07) is 0.607. The number of rotatable bonds is 3. The van der Waals surface area contributed by atoms with Gasteiger partial charge in [-0.05, 0) is 56.3 Å². The highest BCUT2D eigenvalue weighted by atomic mass is 16.4. The Morgan fingerprint density at radius 2 is 1.58 bits per heavy atom. The van der Waals surface area contributed by atoms with Crippen LogP contribution in [-0.2, 0) is 4.79 Å². The van der Waals surface area contributed by atoms with Crippen LogP contribution in [0.4, 0.5) is 6.01 Å². The molecule has 0 aromatic carbocycles. The average molecular weight is 358 g/mol. The second-order valence-corrected chi connectivity index (χ2v) is 9.55. The molecule has 5 aliphatic rings. The molecular weight excluding hydrogens is 328 g/mol. The van der Waals surface area contributed by atoms with E-state index < -0.39 is 0 Å². The third-order valence-electron chi connectivity index (χ3n) is 7.25. The van der Waals surface area contributed by atoms with Crippen molar-refractivity contribution in [3.63, 3.8) is 0 Å². The Kier molecular flexibility index (Phi) is 3.80. The first kappa shape index (κ1) is 16.6. The Labute approximate surface area is 155 Å². The summed E-state index contributed by atoms with van der Waals surface area (Å²) < 4.78 is 5.78. The maximum Gasteiger partial charge on any atom is 0.318 e. The van der Waals surface area contributed by atoms with Crippen LogP contribution in [0.5, 0.6) is 0 Å². The van der Waals surface area contributed by atoms with E-state index in [1.165, 1.54) is 19.3 Å². The maximum absolute atomic E-state index is 13.4. The van der Waals surface area contributed by atoms with Gasteiger partial charge in [0.1, 0.15) is 0 Å². The lowest BCUT2D eigenvalue weighted by atomic mass is 9.49. The van der Waals surface area contributed by atoms with Crippen molar-refractivity contribution in [1.82, 2.24) is 15.1 Å². The van der Waals surface area contributed by atoms with Gasteiger partial charge < -0.3 is 14.2 Å². The van der Waals surface area contributed by atoms with E-state index >= 15 is 0 Å². The molecule has 0 N–H and O–H groups in total. The average Bonchev–Trinajstić information content (AvgIpc) is 3.10. The van der Waals surface area contributed by atoms with E-state index in [1.807, 2.05) is 0 Å². The summed E-state index contributed by atoms with van der Waals surface area (Å²) in [7, 11) is 0. The first-order chi connectivity index (χ1) is 12.5. The maximum atomic E-state index is 13.4. The van der Waals surface area contributed by atoms with Crippen molar-refractivity contribution in [2.24, 2.45) is 23.2 Å². The topological polar surface area (TPSA) is 62.5 Å². The number of hydrogen-bond donors (Lipinski definition) is 0. The second-order valence-electron chi connectivity index (χ2n) is 9.55. The van der Waals surface area contributed by atoms with Crippen LogP contribution in [0, 0.1) is 23.2 Å². The fourth-order valence-corrected chi connectivity index (χ4v) is 6.40. The van der Waals surface area contributed by atoms with E-state index in [0.29, 0.717) is 17.8 Å². The van der Waals surface area contributed by atoms with Gasteiger partial charge in [0.05, 0.1) is 5.41 Å². The lowest BCUT2D eigenvalue weighted by Gasteiger charge is -2.57. The van der Waals surface area contributed by atoms with Crippen molar-refractivity contribution < 1.29 is 9.21 Å². The minimum absolute atomic E-state index is 0.0216. The van der Waals surface area contributed by atoms with Crippen molar-refractivity contribution in [2.75, 3.05) is 31.1 Å². The first-order valence-corrected chi connectivity index (χ1v) is 10.4. The van der Waals surface area contributed by atoms with Crippen LogP contribution in [0.1, 0.15) is 64.2 Å². The number of amides is 1. The zero-order valence-corrected chi connectivity index (χ0v) is 16.0. The van der Waals surface area contributed by atoms with Crippen LogP contribution in [0.15, 0.2) is 4.42 Å². The highest BCUT2D eigenvalue weighted by Crippen LogP contribution is 2.60. The van der Waals surface area contributed by atoms with Gasteiger partial charge in [0, 0.05) is 32.1 Å². The predicted octanol–water partition coefficient (Wildman–Crippen LogP) is 3.06. The zero-order chi connectivity index (χ0) is 17.9. The van der Waals surface area contributed by atoms with Crippen molar-refractivity contribution in [3.05, 3.63) is 5.89 Å². The highest BCUT2D eigenvalue weighted by molar-refractivity contribution is 5.83. The monoisotopic (exact) mass is 358 g/mol. The summed E-state index contributed by atoms with van der Waals surface area (Å²) >= 11 is 0. The number of nitrogens with zero attached hydrogens (tertiary/aromatic N) is 4. The lowest BCUT2D eigenvalue weighted by Crippen LogP contribution is -2.58. The van der Waals surface area contributed by atoms with Crippen molar-refractivity contribution in [2.45, 2.75) is 58.3 Å². The van der Waals surface area contributed by atoms with Gasteiger partial charge in [0.15, 0.2) is 0 Å². The van der Waals surface area contributed by atoms with E-state index in [4.69, 9.17) is 4.42 Å². The minimum atomic E-state index is -0.0216. The molecule has 1 aromatic heterocycles. The molecule has 4 bridgehead atoms. The van der Waals surface area contributed by atoms with Gasteiger partial charge in [0.25, 0.3) is 0 Å². The molecule has 4 aliphatic carbocycles. The molecule has 0 unspecified atom stereocenters. The molecule has 0 radical (unpaired) electrons. The van der Waals surface area contributed by atoms with Crippen molar-refractivity contribution in [1.29, 1.82) is 0 Å². The Hall–Kier alpha value is -1.59. The predicted molar refractivity (Wildman–Crippen MR) is 97.8 cm³/mol. The van der Waals surface area contributed by atoms with Gasteiger partial charge in [0.2, 0.25) is 11.8 Å². The Bertz CT molecular complexity index is 654. The molecule has 2 heterocycles. The molecule has 6 heteroatoms. The number of piperazine rings is 1. The Morgan fingerprint density at radius 3 is 2.08 bits per heavy atom. The summed E-state index contributed by atoms with van der Waals surface area (Å²) in [5.74, 6) is 3.84. The molecule has 0 spiro atoms. The molecule has 26 heavy (non-hydrogen) atoms. The smallest absolute Gasteiger partial charge is 0.318 e. The van der Waals surface area contributed by atoms with Gasteiger partial charge >= 0.3 is 6.01 Å². The van der Waals surface area contributed by atoms with Crippen LogP contribution in [0.3, 0.4) is 0 Å². The summed E-state index contributed by atoms with van der Waals surface area (Å²) in [6.45, 7) is 7.24. The molecule has 1 aliphatic heterocycles.